The zero-order valence-electron chi connectivity index (χ0n) is 14.9. The molecule has 0 spiro atoms. The smallest absolute Gasteiger partial charge is 0.328 e. The molecule has 0 atom stereocenters. The molecule has 0 saturated heterocycles. The van der Waals surface area contributed by atoms with Crippen LogP contribution in [0.25, 0.3) is 22.0 Å². The average molecular weight is 352 g/mol. The van der Waals surface area contributed by atoms with Gasteiger partial charge >= 0.3 is 5.97 Å². The number of fused-ring (bicyclic) bond motifs is 1. The molecule has 1 amide bonds. The van der Waals surface area contributed by atoms with Crippen LogP contribution in [0.3, 0.4) is 0 Å². The maximum atomic E-state index is 12.1. The van der Waals surface area contributed by atoms with Gasteiger partial charge in [0.25, 0.3) is 5.91 Å². The number of carbonyl (C=O) groups is 2. The van der Waals surface area contributed by atoms with E-state index in [1.54, 1.807) is 33.2 Å². The molecule has 0 aliphatic heterocycles. The van der Waals surface area contributed by atoms with Crippen molar-refractivity contribution in [1.29, 1.82) is 0 Å². The number of aromatic nitrogens is 3. The Morgan fingerprint density at radius 3 is 2.58 bits per heavy atom. The highest BCUT2D eigenvalue weighted by atomic mass is 16.6. The predicted octanol–water partition coefficient (Wildman–Crippen LogP) is 2.54. The highest BCUT2D eigenvalue weighted by Gasteiger charge is 2.21. The second-order valence-electron chi connectivity index (χ2n) is 6.93. The quantitative estimate of drug-likeness (QED) is 0.727. The topological polar surface area (TPSA) is 100 Å². The van der Waals surface area contributed by atoms with Crippen molar-refractivity contribution in [3.63, 3.8) is 0 Å². The van der Waals surface area contributed by atoms with Gasteiger partial charge in [-0.1, -0.05) is 12.1 Å². The molecule has 7 nitrogen and oxygen atoms in total. The number of nitrogens with two attached hydrogens (primary N) is 1. The number of ether oxygens (including phenoxy) is 1. The fourth-order valence-corrected chi connectivity index (χ4v) is 2.69. The van der Waals surface area contributed by atoms with Crippen molar-refractivity contribution in [2.45, 2.75) is 32.9 Å². The molecule has 0 aliphatic carbocycles. The van der Waals surface area contributed by atoms with Crippen LogP contribution in [-0.4, -0.2) is 32.2 Å². The average Bonchev–Trinajstić information content (AvgIpc) is 2.92. The molecule has 7 heteroatoms. The monoisotopic (exact) mass is 352 g/mol. The summed E-state index contributed by atoms with van der Waals surface area (Å²) < 4.78 is 6.77. The molecule has 0 aliphatic rings. The summed E-state index contributed by atoms with van der Waals surface area (Å²) in [7, 11) is 0. The van der Waals surface area contributed by atoms with E-state index in [0.717, 1.165) is 11.1 Å². The van der Waals surface area contributed by atoms with Crippen LogP contribution < -0.4 is 5.73 Å². The number of hydrogen-bond acceptors (Lipinski definition) is 5. The van der Waals surface area contributed by atoms with Gasteiger partial charge in [-0.2, -0.15) is 5.10 Å². The Morgan fingerprint density at radius 2 is 1.96 bits per heavy atom. The van der Waals surface area contributed by atoms with Crippen molar-refractivity contribution in [3.05, 3.63) is 48.4 Å². The third-order valence-electron chi connectivity index (χ3n) is 3.68. The molecule has 0 radical (unpaired) electrons. The van der Waals surface area contributed by atoms with Crippen LogP contribution in [0.15, 0.2) is 42.7 Å². The molecular formula is C19H20N4O3. The number of rotatable bonds is 4. The van der Waals surface area contributed by atoms with Gasteiger partial charge in [-0.3, -0.25) is 19.3 Å². The SMILES string of the molecule is CC(C)(C)OC(=O)Cn1nc(C(N)=O)c2cc(-c3cccnc3)ccc21. The van der Waals surface area contributed by atoms with E-state index in [1.165, 1.54) is 4.68 Å². The number of pyridine rings is 1. The highest BCUT2D eigenvalue weighted by Crippen LogP contribution is 2.26. The van der Waals surface area contributed by atoms with Crippen molar-refractivity contribution in [1.82, 2.24) is 14.8 Å². The minimum absolute atomic E-state index is 0.104. The Balaban J connectivity index is 2.03. The van der Waals surface area contributed by atoms with Crippen LogP contribution in [0, 0.1) is 0 Å². The molecule has 0 fully saturated rings. The fraction of sp³-hybridized carbons (Fsp3) is 0.263. The van der Waals surface area contributed by atoms with E-state index in [9.17, 15) is 9.59 Å². The molecule has 26 heavy (non-hydrogen) atoms. The van der Waals surface area contributed by atoms with Gasteiger partial charge in [-0.15, -0.1) is 0 Å². The number of hydrogen-bond donors (Lipinski definition) is 1. The van der Waals surface area contributed by atoms with E-state index in [2.05, 4.69) is 10.1 Å². The first-order valence-corrected chi connectivity index (χ1v) is 8.17. The molecule has 0 saturated carbocycles. The number of esters is 1. The summed E-state index contributed by atoms with van der Waals surface area (Å²) >= 11 is 0. The number of benzene rings is 1. The Hall–Kier alpha value is -3.22. The number of amides is 1. The van der Waals surface area contributed by atoms with E-state index < -0.39 is 17.5 Å². The van der Waals surface area contributed by atoms with Gasteiger partial charge in [-0.25, -0.2) is 0 Å². The first kappa shape index (κ1) is 17.6. The van der Waals surface area contributed by atoms with E-state index in [1.807, 2.05) is 30.3 Å². The summed E-state index contributed by atoms with van der Waals surface area (Å²) in [5.74, 6) is -1.09. The van der Waals surface area contributed by atoms with Gasteiger partial charge in [0.05, 0.1) is 5.52 Å². The third-order valence-corrected chi connectivity index (χ3v) is 3.68. The van der Waals surface area contributed by atoms with Crippen LogP contribution in [0.5, 0.6) is 0 Å². The molecule has 0 bridgehead atoms. The second kappa shape index (κ2) is 6.59. The van der Waals surface area contributed by atoms with Crippen LogP contribution in [0.2, 0.25) is 0 Å². The molecular weight excluding hydrogens is 332 g/mol. The lowest BCUT2D eigenvalue weighted by Gasteiger charge is -2.19. The standard InChI is InChI=1S/C19H20N4O3/c1-19(2,3)26-16(24)11-23-15-7-6-12(13-5-4-8-21-10-13)9-14(15)17(22-23)18(20)25/h4-10H,11H2,1-3H3,(H2,20,25). The van der Waals surface area contributed by atoms with Crippen molar-refractivity contribution >= 4 is 22.8 Å². The lowest BCUT2D eigenvalue weighted by molar-refractivity contribution is -0.155. The Morgan fingerprint density at radius 1 is 1.19 bits per heavy atom. The largest absolute Gasteiger partial charge is 0.459 e. The molecule has 3 aromatic rings. The van der Waals surface area contributed by atoms with Crippen molar-refractivity contribution in [2.24, 2.45) is 5.73 Å². The van der Waals surface area contributed by atoms with E-state index >= 15 is 0 Å². The van der Waals surface area contributed by atoms with Gasteiger partial charge in [-0.05, 0) is 44.5 Å². The highest BCUT2D eigenvalue weighted by molar-refractivity contribution is 6.05. The molecule has 0 unspecified atom stereocenters. The molecule has 134 valence electrons. The summed E-state index contributed by atoms with van der Waals surface area (Å²) in [5.41, 5.74) is 7.42. The lowest BCUT2D eigenvalue weighted by Crippen LogP contribution is -2.27. The Bertz CT molecular complexity index is 972. The van der Waals surface area contributed by atoms with Crippen molar-refractivity contribution < 1.29 is 14.3 Å². The maximum Gasteiger partial charge on any atom is 0.328 e. The van der Waals surface area contributed by atoms with Crippen LogP contribution in [0.4, 0.5) is 0 Å². The predicted molar refractivity (Wildman–Crippen MR) is 97.3 cm³/mol. The Kier molecular flexibility index (Phi) is 4.46. The van der Waals surface area contributed by atoms with Crippen LogP contribution in [-0.2, 0) is 16.1 Å². The summed E-state index contributed by atoms with van der Waals surface area (Å²) in [4.78, 5) is 28.0. The number of primary amides is 1. The van der Waals surface area contributed by atoms with E-state index in [4.69, 9.17) is 10.5 Å². The van der Waals surface area contributed by atoms with E-state index in [-0.39, 0.29) is 12.2 Å². The molecule has 2 aromatic heterocycles. The minimum atomic E-state index is -0.652. The van der Waals surface area contributed by atoms with Gasteiger partial charge in [0.15, 0.2) is 5.69 Å². The normalized spacial score (nSPS) is 11.5. The third kappa shape index (κ3) is 3.72. The second-order valence-corrected chi connectivity index (χ2v) is 6.93. The number of carbonyl (C=O) groups excluding carboxylic acids is 2. The van der Waals surface area contributed by atoms with Crippen LogP contribution >= 0.6 is 0 Å². The summed E-state index contributed by atoms with van der Waals surface area (Å²) in [5, 5.41) is 4.80. The summed E-state index contributed by atoms with van der Waals surface area (Å²) in [6.45, 7) is 5.27. The zero-order chi connectivity index (χ0) is 18.9. The first-order valence-electron chi connectivity index (χ1n) is 8.17. The molecule has 2 N–H and O–H groups in total. The lowest BCUT2D eigenvalue weighted by atomic mass is 10.0. The van der Waals surface area contributed by atoms with Gasteiger partial charge in [0.1, 0.15) is 12.1 Å². The molecule has 1 aromatic carbocycles. The van der Waals surface area contributed by atoms with Crippen molar-refractivity contribution in [3.8, 4) is 11.1 Å². The Labute approximate surface area is 150 Å². The summed E-state index contributed by atoms with van der Waals surface area (Å²) in [6.07, 6.45) is 3.42. The maximum absolute atomic E-state index is 12.1. The molecule has 3 rings (SSSR count). The molecule has 2 heterocycles. The van der Waals surface area contributed by atoms with E-state index in [0.29, 0.717) is 10.9 Å². The zero-order valence-corrected chi connectivity index (χ0v) is 14.9. The van der Waals surface area contributed by atoms with Gasteiger partial charge < -0.3 is 10.5 Å². The van der Waals surface area contributed by atoms with Gasteiger partial charge in [0, 0.05) is 23.3 Å². The number of nitrogens with zero attached hydrogens (tertiary/aromatic N) is 3. The summed E-state index contributed by atoms with van der Waals surface area (Å²) in [6, 6.07) is 9.27. The van der Waals surface area contributed by atoms with Crippen molar-refractivity contribution in [2.75, 3.05) is 0 Å². The van der Waals surface area contributed by atoms with Crippen LogP contribution in [0.1, 0.15) is 31.3 Å². The minimum Gasteiger partial charge on any atom is -0.459 e. The fourth-order valence-electron chi connectivity index (χ4n) is 2.69. The first-order chi connectivity index (χ1) is 12.2. The van der Waals surface area contributed by atoms with Gasteiger partial charge in [0.2, 0.25) is 0 Å².